The first-order valence-electron chi connectivity index (χ1n) is 7.07. The van der Waals surface area contributed by atoms with E-state index in [1.54, 1.807) is 13.0 Å². The quantitative estimate of drug-likeness (QED) is 0.787. The fourth-order valence-electron chi connectivity index (χ4n) is 3.16. The van der Waals surface area contributed by atoms with Crippen molar-refractivity contribution < 1.29 is 14.6 Å². The molecule has 104 valence electrons. The summed E-state index contributed by atoms with van der Waals surface area (Å²) in [5, 5.41) is 10.4. The van der Waals surface area contributed by atoms with E-state index in [1.165, 1.54) is 32.1 Å². The Morgan fingerprint density at radius 2 is 1.83 bits per heavy atom. The average molecular weight is 254 g/mol. The van der Waals surface area contributed by atoms with E-state index in [0.717, 1.165) is 0 Å². The number of ether oxygens (including phenoxy) is 2. The molecule has 3 heteroatoms. The van der Waals surface area contributed by atoms with Crippen molar-refractivity contribution in [2.45, 2.75) is 76.5 Å². The Morgan fingerprint density at radius 1 is 1.22 bits per heavy atom. The molecule has 2 rings (SSSR count). The highest BCUT2D eigenvalue weighted by atomic mass is 16.8. The average Bonchev–Trinajstić information content (AvgIpc) is 2.67. The van der Waals surface area contributed by atoms with Crippen molar-refractivity contribution in [1.29, 1.82) is 0 Å². The smallest absolute Gasteiger partial charge is 0.163 e. The molecule has 0 spiro atoms. The number of hydrogen-bond acceptors (Lipinski definition) is 3. The first kappa shape index (κ1) is 14.0. The molecule has 0 bridgehead atoms. The largest absolute Gasteiger partial charge is 0.383 e. The van der Waals surface area contributed by atoms with Crippen LogP contribution in [0.1, 0.15) is 52.9 Å². The first-order chi connectivity index (χ1) is 8.36. The van der Waals surface area contributed by atoms with Crippen LogP contribution in [0.25, 0.3) is 0 Å². The SMILES string of the molecule is C=C[C@](C)(O)[C@@H]1OC(C)(C)O[C@@H]1C1CCCCC1. The van der Waals surface area contributed by atoms with Gasteiger partial charge in [-0.3, -0.25) is 0 Å². The molecule has 0 aromatic carbocycles. The van der Waals surface area contributed by atoms with Crippen LogP contribution >= 0.6 is 0 Å². The molecule has 1 saturated heterocycles. The Labute approximate surface area is 110 Å². The maximum atomic E-state index is 10.4. The zero-order valence-electron chi connectivity index (χ0n) is 11.8. The summed E-state index contributed by atoms with van der Waals surface area (Å²) in [6, 6.07) is 0. The van der Waals surface area contributed by atoms with E-state index in [-0.39, 0.29) is 12.2 Å². The van der Waals surface area contributed by atoms with Gasteiger partial charge in [-0.2, -0.15) is 0 Å². The number of rotatable bonds is 3. The Balaban J connectivity index is 2.17. The monoisotopic (exact) mass is 254 g/mol. The van der Waals surface area contributed by atoms with E-state index in [9.17, 15) is 5.11 Å². The van der Waals surface area contributed by atoms with Gasteiger partial charge in [0.25, 0.3) is 0 Å². The van der Waals surface area contributed by atoms with Crippen LogP contribution in [0.3, 0.4) is 0 Å². The fourth-order valence-corrected chi connectivity index (χ4v) is 3.16. The lowest BCUT2D eigenvalue weighted by molar-refractivity contribution is -0.163. The standard InChI is InChI=1S/C15H26O3/c1-5-15(4,16)13-12(17-14(2,3)18-13)11-9-7-6-8-10-11/h5,11-13,16H,1,6-10H2,2-4H3/t12-,13-,15+/m1/s1. The predicted molar refractivity (Wildman–Crippen MR) is 71.2 cm³/mol. The van der Waals surface area contributed by atoms with Crippen molar-refractivity contribution >= 4 is 0 Å². The van der Waals surface area contributed by atoms with Gasteiger partial charge >= 0.3 is 0 Å². The second-order valence-electron chi connectivity index (χ2n) is 6.35. The molecule has 1 aliphatic carbocycles. The van der Waals surface area contributed by atoms with E-state index in [2.05, 4.69) is 6.58 Å². The summed E-state index contributed by atoms with van der Waals surface area (Å²) >= 11 is 0. The van der Waals surface area contributed by atoms with Crippen molar-refractivity contribution in [3.63, 3.8) is 0 Å². The zero-order chi connectivity index (χ0) is 13.4. The Morgan fingerprint density at radius 3 is 2.39 bits per heavy atom. The molecule has 0 aromatic rings. The Hall–Kier alpha value is -0.380. The van der Waals surface area contributed by atoms with E-state index < -0.39 is 11.4 Å². The predicted octanol–water partition coefficient (Wildman–Crippen LogP) is 3.02. The van der Waals surface area contributed by atoms with Crippen molar-refractivity contribution in [1.82, 2.24) is 0 Å². The lowest BCUT2D eigenvalue weighted by atomic mass is 9.80. The Bertz CT molecular complexity index is 303. The van der Waals surface area contributed by atoms with Crippen LogP contribution in [-0.4, -0.2) is 28.7 Å². The third-order valence-corrected chi connectivity index (χ3v) is 4.23. The van der Waals surface area contributed by atoms with Crippen molar-refractivity contribution in [3.05, 3.63) is 12.7 Å². The third-order valence-electron chi connectivity index (χ3n) is 4.23. The van der Waals surface area contributed by atoms with Gasteiger partial charge in [-0.15, -0.1) is 6.58 Å². The van der Waals surface area contributed by atoms with E-state index in [1.807, 2.05) is 13.8 Å². The zero-order valence-corrected chi connectivity index (χ0v) is 11.8. The lowest BCUT2D eigenvalue weighted by Gasteiger charge is -2.34. The van der Waals surface area contributed by atoms with Crippen molar-refractivity contribution in [2.24, 2.45) is 5.92 Å². The normalized spacial score (nSPS) is 36.2. The molecule has 2 aliphatic rings. The molecule has 0 amide bonds. The van der Waals surface area contributed by atoms with Crippen LogP contribution in [0.15, 0.2) is 12.7 Å². The summed E-state index contributed by atoms with van der Waals surface area (Å²) in [7, 11) is 0. The van der Waals surface area contributed by atoms with Crippen LogP contribution in [0.5, 0.6) is 0 Å². The molecular weight excluding hydrogens is 228 g/mol. The molecule has 2 fully saturated rings. The number of aliphatic hydroxyl groups is 1. The van der Waals surface area contributed by atoms with Crippen LogP contribution < -0.4 is 0 Å². The van der Waals surface area contributed by atoms with E-state index >= 15 is 0 Å². The number of hydrogen-bond donors (Lipinski definition) is 1. The fraction of sp³-hybridized carbons (Fsp3) is 0.867. The highest BCUT2D eigenvalue weighted by Gasteiger charge is 2.51. The second kappa shape index (κ2) is 4.95. The minimum absolute atomic E-state index is 0.0201. The highest BCUT2D eigenvalue weighted by molar-refractivity contribution is 5.05. The molecule has 1 saturated carbocycles. The van der Waals surface area contributed by atoms with Crippen LogP contribution in [0.4, 0.5) is 0 Å². The lowest BCUT2D eigenvalue weighted by Crippen LogP contribution is -2.47. The summed E-state index contributed by atoms with van der Waals surface area (Å²) in [5.74, 6) is -0.114. The molecule has 1 heterocycles. The van der Waals surface area contributed by atoms with Gasteiger partial charge < -0.3 is 14.6 Å². The molecule has 0 aromatic heterocycles. The molecule has 3 atom stereocenters. The topological polar surface area (TPSA) is 38.7 Å². The maximum absolute atomic E-state index is 10.4. The van der Waals surface area contributed by atoms with Crippen LogP contribution in [0.2, 0.25) is 0 Å². The van der Waals surface area contributed by atoms with Gasteiger partial charge in [0.1, 0.15) is 11.7 Å². The molecule has 0 radical (unpaired) electrons. The van der Waals surface area contributed by atoms with Gasteiger partial charge in [-0.1, -0.05) is 25.3 Å². The van der Waals surface area contributed by atoms with Crippen molar-refractivity contribution in [2.75, 3.05) is 0 Å². The highest BCUT2D eigenvalue weighted by Crippen LogP contribution is 2.41. The molecule has 1 aliphatic heterocycles. The summed E-state index contributed by atoms with van der Waals surface area (Å²) in [4.78, 5) is 0. The Kier molecular flexibility index (Phi) is 3.86. The summed E-state index contributed by atoms with van der Waals surface area (Å²) in [6.45, 7) is 9.31. The van der Waals surface area contributed by atoms with Crippen molar-refractivity contribution in [3.8, 4) is 0 Å². The summed E-state index contributed by atoms with van der Waals surface area (Å²) in [5.41, 5.74) is -1.03. The second-order valence-corrected chi connectivity index (χ2v) is 6.35. The third kappa shape index (κ3) is 2.79. The van der Waals surface area contributed by atoms with Gasteiger partial charge in [0.2, 0.25) is 0 Å². The van der Waals surface area contributed by atoms with Gasteiger partial charge in [-0.25, -0.2) is 0 Å². The molecular formula is C15H26O3. The van der Waals surface area contributed by atoms with Gasteiger partial charge in [0, 0.05) is 0 Å². The summed E-state index contributed by atoms with van der Waals surface area (Å²) in [6.07, 6.45) is 7.42. The maximum Gasteiger partial charge on any atom is 0.163 e. The van der Waals surface area contributed by atoms with Gasteiger partial charge in [0.05, 0.1) is 6.10 Å². The minimum atomic E-state index is -1.03. The van der Waals surface area contributed by atoms with Crippen LogP contribution in [-0.2, 0) is 9.47 Å². The molecule has 0 unspecified atom stereocenters. The van der Waals surface area contributed by atoms with Gasteiger partial charge in [-0.05, 0) is 39.5 Å². The molecule has 18 heavy (non-hydrogen) atoms. The summed E-state index contributed by atoms with van der Waals surface area (Å²) < 4.78 is 12.0. The van der Waals surface area contributed by atoms with E-state index in [4.69, 9.17) is 9.47 Å². The van der Waals surface area contributed by atoms with E-state index in [0.29, 0.717) is 5.92 Å². The first-order valence-corrected chi connectivity index (χ1v) is 7.07. The molecule has 1 N–H and O–H groups in total. The van der Waals surface area contributed by atoms with Gasteiger partial charge in [0.15, 0.2) is 5.79 Å². The van der Waals surface area contributed by atoms with Crippen LogP contribution in [0, 0.1) is 5.92 Å². The minimum Gasteiger partial charge on any atom is -0.383 e. The molecule has 3 nitrogen and oxygen atoms in total.